The number of carboxylic acid groups (broad SMARTS) is 1. The van der Waals surface area contributed by atoms with Crippen LogP contribution < -0.4 is 5.32 Å². The number of rotatable bonds is 3. The molecule has 4 heteroatoms. The molecule has 0 heterocycles. The number of aromatic carboxylic acids is 1. The van der Waals surface area contributed by atoms with Gasteiger partial charge in [-0.1, -0.05) is 12.8 Å². The van der Waals surface area contributed by atoms with Crippen molar-refractivity contribution in [2.75, 3.05) is 5.32 Å². The molecule has 1 aromatic rings. The Balaban J connectivity index is 2.09. The van der Waals surface area contributed by atoms with Crippen molar-refractivity contribution in [3.05, 3.63) is 29.3 Å². The second kappa shape index (κ2) is 5.21. The predicted molar refractivity (Wildman–Crippen MR) is 68.7 cm³/mol. The summed E-state index contributed by atoms with van der Waals surface area (Å²) in [5, 5.41) is 11.8. The maximum atomic E-state index is 12.0. The molecule has 1 fully saturated rings. The first-order valence-electron chi connectivity index (χ1n) is 6.23. The van der Waals surface area contributed by atoms with Crippen LogP contribution in [-0.2, 0) is 4.79 Å². The van der Waals surface area contributed by atoms with Gasteiger partial charge in [0.15, 0.2) is 0 Å². The summed E-state index contributed by atoms with van der Waals surface area (Å²) in [6.07, 6.45) is 4.15. The fraction of sp³-hybridized carbons (Fsp3) is 0.429. The average molecular weight is 247 g/mol. The highest BCUT2D eigenvalue weighted by Crippen LogP contribution is 2.26. The van der Waals surface area contributed by atoms with Gasteiger partial charge in [-0.2, -0.15) is 0 Å². The molecule has 0 spiro atoms. The van der Waals surface area contributed by atoms with Gasteiger partial charge in [0.2, 0.25) is 5.91 Å². The van der Waals surface area contributed by atoms with E-state index in [1.165, 1.54) is 6.07 Å². The van der Waals surface area contributed by atoms with E-state index in [9.17, 15) is 9.59 Å². The van der Waals surface area contributed by atoms with Crippen LogP contribution in [0.15, 0.2) is 18.2 Å². The molecular formula is C14H17NO3. The number of benzene rings is 1. The van der Waals surface area contributed by atoms with E-state index in [0.29, 0.717) is 5.69 Å². The van der Waals surface area contributed by atoms with E-state index in [1.807, 2.05) is 0 Å². The molecule has 96 valence electrons. The minimum absolute atomic E-state index is 0.0543. The average Bonchev–Trinajstić information content (AvgIpc) is 2.85. The number of hydrogen-bond acceptors (Lipinski definition) is 2. The van der Waals surface area contributed by atoms with E-state index in [-0.39, 0.29) is 17.4 Å². The van der Waals surface area contributed by atoms with Gasteiger partial charge in [-0.3, -0.25) is 4.79 Å². The molecule has 0 unspecified atom stereocenters. The standard InChI is InChI=1S/C14H17NO3/c1-9-8-11(14(17)18)6-7-12(9)15-13(16)10-4-2-3-5-10/h6-8,10H,2-5H2,1H3,(H,15,16)(H,17,18). The lowest BCUT2D eigenvalue weighted by Gasteiger charge is -2.12. The molecular weight excluding hydrogens is 230 g/mol. The number of anilines is 1. The SMILES string of the molecule is Cc1cc(C(=O)O)ccc1NC(=O)C1CCCC1. The summed E-state index contributed by atoms with van der Waals surface area (Å²) >= 11 is 0. The highest BCUT2D eigenvalue weighted by Gasteiger charge is 2.23. The predicted octanol–water partition coefficient (Wildman–Crippen LogP) is 2.82. The van der Waals surface area contributed by atoms with Crippen LogP contribution in [0.4, 0.5) is 5.69 Å². The summed E-state index contributed by atoms with van der Waals surface area (Å²) in [5.41, 5.74) is 1.73. The molecule has 1 saturated carbocycles. The molecule has 0 atom stereocenters. The Labute approximate surface area is 106 Å². The Morgan fingerprint density at radius 1 is 1.28 bits per heavy atom. The van der Waals surface area contributed by atoms with E-state index in [0.717, 1.165) is 31.2 Å². The molecule has 2 rings (SSSR count). The third kappa shape index (κ3) is 2.70. The van der Waals surface area contributed by atoms with Crippen LogP contribution >= 0.6 is 0 Å². The maximum absolute atomic E-state index is 12.0. The van der Waals surface area contributed by atoms with E-state index in [1.54, 1.807) is 19.1 Å². The van der Waals surface area contributed by atoms with Gasteiger partial charge in [-0.05, 0) is 43.5 Å². The van der Waals surface area contributed by atoms with E-state index < -0.39 is 5.97 Å². The third-order valence-electron chi connectivity index (χ3n) is 3.46. The van der Waals surface area contributed by atoms with Gasteiger partial charge >= 0.3 is 5.97 Å². The lowest BCUT2D eigenvalue weighted by molar-refractivity contribution is -0.119. The van der Waals surface area contributed by atoms with Gasteiger partial charge in [0.05, 0.1) is 5.56 Å². The van der Waals surface area contributed by atoms with Crippen molar-refractivity contribution in [3.8, 4) is 0 Å². The van der Waals surface area contributed by atoms with Crippen molar-refractivity contribution in [3.63, 3.8) is 0 Å². The topological polar surface area (TPSA) is 66.4 Å². The first-order valence-corrected chi connectivity index (χ1v) is 6.23. The second-order valence-electron chi connectivity index (χ2n) is 4.81. The normalized spacial score (nSPS) is 15.6. The first kappa shape index (κ1) is 12.6. The molecule has 0 aromatic heterocycles. The van der Waals surface area contributed by atoms with Crippen molar-refractivity contribution in [1.29, 1.82) is 0 Å². The van der Waals surface area contributed by atoms with Crippen molar-refractivity contribution >= 4 is 17.6 Å². The van der Waals surface area contributed by atoms with Crippen molar-refractivity contribution in [2.24, 2.45) is 5.92 Å². The van der Waals surface area contributed by atoms with Gasteiger partial charge in [0, 0.05) is 11.6 Å². The molecule has 1 amide bonds. The van der Waals surface area contributed by atoms with Gasteiger partial charge < -0.3 is 10.4 Å². The zero-order valence-corrected chi connectivity index (χ0v) is 10.4. The molecule has 18 heavy (non-hydrogen) atoms. The Morgan fingerprint density at radius 2 is 1.94 bits per heavy atom. The van der Waals surface area contributed by atoms with Gasteiger partial charge in [0.1, 0.15) is 0 Å². The molecule has 1 aliphatic carbocycles. The minimum Gasteiger partial charge on any atom is -0.478 e. The quantitative estimate of drug-likeness (QED) is 0.863. The number of carboxylic acids is 1. The molecule has 0 saturated heterocycles. The fourth-order valence-electron chi connectivity index (χ4n) is 2.36. The smallest absolute Gasteiger partial charge is 0.335 e. The highest BCUT2D eigenvalue weighted by atomic mass is 16.4. The zero-order valence-electron chi connectivity index (χ0n) is 10.4. The fourth-order valence-corrected chi connectivity index (χ4v) is 2.36. The number of amides is 1. The molecule has 1 aliphatic rings. The van der Waals surface area contributed by atoms with Crippen molar-refractivity contribution in [1.82, 2.24) is 0 Å². The van der Waals surface area contributed by atoms with E-state index in [2.05, 4.69) is 5.32 Å². The summed E-state index contributed by atoms with van der Waals surface area (Å²) in [5.74, 6) is -0.783. The maximum Gasteiger partial charge on any atom is 0.335 e. The Hall–Kier alpha value is -1.84. The third-order valence-corrected chi connectivity index (χ3v) is 3.46. The lowest BCUT2D eigenvalue weighted by atomic mass is 10.1. The van der Waals surface area contributed by atoms with Gasteiger partial charge in [-0.25, -0.2) is 4.79 Å². The van der Waals surface area contributed by atoms with E-state index >= 15 is 0 Å². The number of nitrogens with one attached hydrogen (secondary N) is 1. The second-order valence-corrected chi connectivity index (χ2v) is 4.81. The number of carbonyl (C=O) groups excluding carboxylic acids is 1. The summed E-state index contributed by atoms with van der Waals surface area (Å²) in [4.78, 5) is 22.8. The summed E-state index contributed by atoms with van der Waals surface area (Å²) in [7, 11) is 0. The lowest BCUT2D eigenvalue weighted by Crippen LogP contribution is -2.20. The zero-order chi connectivity index (χ0) is 13.1. The van der Waals surface area contributed by atoms with Crippen LogP contribution in [0.25, 0.3) is 0 Å². The van der Waals surface area contributed by atoms with Gasteiger partial charge in [0.25, 0.3) is 0 Å². The van der Waals surface area contributed by atoms with Crippen molar-refractivity contribution < 1.29 is 14.7 Å². The number of hydrogen-bond donors (Lipinski definition) is 2. The van der Waals surface area contributed by atoms with E-state index in [4.69, 9.17) is 5.11 Å². The summed E-state index contributed by atoms with van der Waals surface area (Å²) in [6.45, 7) is 1.80. The molecule has 0 radical (unpaired) electrons. The van der Waals surface area contributed by atoms with Crippen LogP contribution in [0.3, 0.4) is 0 Å². The molecule has 4 nitrogen and oxygen atoms in total. The molecule has 1 aromatic carbocycles. The van der Waals surface area contributed by atoms with Gasteiger partial charge in [-0.15, -0.1) is 0 Å². The summed E-state index contributed by atoms with van der Waals surface area (Å²) in [6, 6.07) is 4.75. The Morgan fingerprint density at radius 3 is 2.50 bits per heavy atom. The van der Waals surface area contributed by atoms with Crippen LogP contribution in [0.2, 0.25) is 0 Å². The van der Waals surface area contributed by atoms with Crippen molar-refractivity contribution in [2.45, 2.75) is 32.6 Å². The first-order chi connectivity index (χ1) is 8.58. The summed E-state index contributed by atoms with van der Waals surface area (Å²) < 4.78 is 0. The monoisotopic (exact) mass is 247 g/mol. The van der Waals surface area contributed by atoms with Crippen LogP contribution in [0.1, 0.15) is 41.6 Å². The van der Waals surface area contributed by atoms with Crippen LogP contribution in [0, 0.1) is 12.8 Å². The van der Waals surface area contributed by atoms with Crippen LogP contribution in [0.5, 0.6) is 0 Å². The molecule has 0 aliphatic heterocycles. The number of carbonyl (C=O) groups is 2. The Bertz CT molecular complexity index is 476. The minimum atomic E-state index is -0.952. The molecule has 2 N–H and O–H groups in total. The largest absolute Gasteiger partial charge is 0.478 e. The molecule has 0 bridgehead atoms. The Kier molecular flexibility index (Phi) is 3.65. The highest BCUT2D eigenvalue weighted by molar-refractivity contribution is 5.94. The number of aryl methyl sites for hydroxylation is 1. The van der Waals surface area contributed by atoms with Crippen LogP contribution in [-0.4, -0.2) is 17.0 Å².